The Morgan fingerprint density at radius 2 is 1.90 bits per heavy atom. The number of methoxy groups -OCH3 is 1. The number of carbonyl (C=O) groups is 1. The average Bonchev–Trinajstić information content (AvgIpc) is 2.49. The molecular formula is C16H17NO3. The molecule has 0 spiro atoms. The van der Waals surface area contributed by atoms with Crippen LogP contribution in [-0.2, 0) is 0 Å². The summed E-state index contributed by atoms with van der Waals surface area (Å²) < 4.78 is 10.7. The predicted octanol–water partition coefficient (Wildman–Crippen LogP) is 3.65. The van der Waals surface area contributed by atoms with Gasteiger partial charge in [0.2, 0.25) is 0 Å². The van der Waals surface area contributed by atoms with Gasteiger partial charge < -0.3 is 14.8 Å². The fourth-order valence-electron chi connectivity index (χ4n) is 1.90. The molecule has 4 nitrogen and oxygen atoms in total. The van der Waals surface area contributed by atoms with Gasteiger partial charge in [0.05, 0.1) is 19.4 Å². The molecule has 20 heavy (non-hydrogen) atoms. The summed E-state index contributed by atoms with van der Waals surface area (Å²) in [7, 11) is 1.58. The average molecular weight is 271 g/mol. The van der Waals surface area contributed by atoms with Crippen molar-refractivity contribution in [3.05, 3.63) is 48.0 Å². The van der Waals surface area contributed by atoms with E-state index in [0.29, 0.717) is 23.6 Å². The molecule has 2 aromatic carbocycles. The van der Waals surface area contributed by atoms with Crippen LogP contribution in [0.2, 0.25) is 0 Å². The number of anilines is 2. The van der Waals surface area contributed by atoms with Crippen molar-refractivity contribution in [3.63, 3.8) is 0 Å². The molecule has 0 bridgehead atoms. The van der Waals surface area contributed by atoms with Crippen LogP contribution < -0.4 is 14.8 Å². The van der Waals surface area contributed by atoms with Gasteiger partial charge in [-0.2, -0.15) is 0 Å². The molecule has 0 amide bonds. The summed E-state index contributed by atoms with van der Waals surface area (Å²) in [6, 6.07) is 12.9. The summed E-state index contributed by atoms with van der Waals surface area (Å²) in [5.74, 6) is 1.44. The maximum Gasteiger partial charge on any atom is 0.152 e. The third-order valence-electron chi connectivity index (χ3n) is 2.84. The minimum Gasteiger partial charge on any atom is -0.495 e. The molecule has 0 aromatic heterocycles. The van der Waals surface area contributed by atoms with E-state index in [0.717, 1.165) is 17.7 Å². The maximum atomic E-state index is 11.1. The molecule has 0 atom stereocenters. The minimum absolute atomic E-state index is 0.554. The highest BCUT2D eigenvalue weighted by atomic mass is 16.5. The molecule has 0 saturated heterocycles. The zero-order valence-corrected chi connectivity index (χ0v) is 11.6. The fraction of sp³-hybridized carbons (Fsp3) is 0.188. The van der Waals surface area contributed by atoms with Crippen molar-refractivity contribution >= 4 is 17.7 Å². The maximum absolute atomic E-state index is 11.1. The second-order valence-corrected chi connectivity index (χ2v) is 4.12. The molecule has 0 fully saturated rings. The summed E-state index contributed by atoms with van der Waals surface area (Å²) in [4.78, 5) is 11.1. The van der Waals surface area contributed by atoms with Gasteiger partial charge in [-0.05, 0) is 43.3 Å². The first kappa shape index (κ1) is 13.9. The van der Waals surface area contributed by atoms with Gasteiger partial charge in [0.15, 0.2) is 6.29 Å². The Labute approximate surface area is 118 Å². The topological polar surface area (TPSA) is 47.6 Å². The largest absolute Gasteiger partial charge is 0.495 e. The summed E-state index contributed by atoms with van der Waals surface area (Å²) >= 11 is 0. The highest BCUT2D eigenvalue weighted by Crippen LogP contribution is 2.31. The lowest BCUT2D eigenvalue weighted by Gasteiger charge is -2.13. The van der Waals surface area contributed by atoms with Crippen LogP contribution in [0.25, 0.3) is 0 Å². The van der Waals surface area contributed by atoms with Crippen molar-refractivity contribution in [2.75, 3.05) is 19.0 Å². The van der Waals surface area contributed by atoms with E-state index in [1.807, 2.05) is 37.3 Å². The number of hydrogen-bond acceptors (Lipinski definition) is 4. The summed E-state index contributed by atoms with van der Waals surface area (Å²) in [6.45, 7) is 2.58. The Morgan fingerprint density at radius 1 is 1.15 bits per heavy atom. The first-order valence-electron chi connectivity index (χ1n) is 6.40. The van der Waals surface area contributed by atoms with Gasteiger partial charge in [-0.25, -0.2) is 0 Å². The minimum atomic E-state index is 0.554. The quantitative estimate of drug-likeness (QED) is 0.815. The lowest BCUT2D eigenvalue weighted by molar-refractivity contribution is 0.112. The zero-order chi connectivity index (χ0) is 14.4. The van der Waals surface area contributed by atoms with E-state index in [-0.39, 0.29) is 0 Å². The number of para-hydroxylation sites is 1. The van der Waals surface area contributed by atoms with Crippen molar-refractivity contribution < 1.29 is 14.3 Å². The fourth-order valence-corrected chi connectivity index (χ4v) is 1.90. The van der Waals surface area contributed by atoms with Crippen molar-refractivity contribution in [2.45, 2.75) is 6.92 Å². The first-order chi connectivity index (χ1) is 9.78. The molecule has 104 valence electrons. The number of hydrogen-bond donors (Lipinski definition) is 1. The highest BCUT2D eigenvalue weighted by molar-refractivity contribution is 5.89. The molecule has 4 heteroatoms. The molecule has 2 rings (SSSR count). The summed E-state index contributed by atoms with van der Waals surface area (Å²) in [5, 5.41) is 3.20. The van der Waals surface area contributed by atoms with Crippen molar-refractivity contribution in [2.24, 2.45) is 0 Å². The van der Waals surface area contributed by atoms with Crippen LogP contribution in [0.5, 0.6) is 11.5 Å². The van der Waals surface area contributed by atoms with E-state index in [2.05, 4.69) is 5.32 Å². The Hall–Kier alpha value is -2.49. The molecule has 1 N–H and O–H groups in total. The Kier molecular flexibility index (Phi) is 4.60. The number of nitrogens with one attached hydrogen (secondary N) is 1. The van der Waals surface area contributed by atoms with Crippen LogP contribution in [0.4, 0.5) is 11.4 Å². The van der Waals surface area contributed by atoms with E-state index >= 15 is 0 Å². The van der Waals surface area contributed by atoms with E-state index < -0.39 is 0 Å². The number of carbonyl (C=O) groups excluding carboxylic acids is 1. The number of benzene rings is 2. The van der Waals surface area contributed by atoms with Crippen LogP contribution in [0, 0.1) is 0 Å². The standard InChI is InChI=1S/C16H17NO3/c1-3-20-14-9-7-13(8-10-14)17-16-12(11-18)5-4-6-15(16)19-2/h4-11,17H,3H2,1-2H3. The van der Waals surface area contributed by atoms with E-state index in [1.54, 1.807) is 19.2 Å². The lowest BCUT2D eigenvalue weighted by Crippen LogP contribution is -1.99. The van der Waals surface area contributed by atoms with Crippen molar-refractivity contribution in [3.8, 4) is 11.5 Å². The Morgan fingerprint density at radius 3 is 2.50 bits per heavy atom. The van der Waals surface area contributed by atoms with Crippen LogP contribution in [-0.4, -0.2) is 20.0 Å². The number of aldehydes is 1. The number of ether oxygens (including phenoxy) is 2. The van der Waals surface area contributed by atoms with Gasteiger partial charge in [0.1, 0.15) is 11.5 Å². The molecule has 0 aliphatic carbocycles. The third kappa shape index (κ3) is 3.09. The smallest absolute Gasteiger partial charge is 0.152 e. The monoisotopic (exact) mass is 271 g/mol. The van der Waals surface area contributed by atoms with Gasteiger partial charge >= 0.3 is 0 Å². The van der Waals surface area contributed by atoms with Crippen LogP contribution in [0.15, 0.2) is 42.5 Å². The second-order valence-electron chi connectivity index (χ2n) is 4.12. The van der Waals surface area contributed by atoms with Crippen LogP contribution in [0.3, 0.4) is 0 Å². The summed E-state index contributed by atoms with van der Waals surface area (Å²) in [5.41, 5.74) is 2.08. The zero-order valence-electron chi connectivity index (χ0n) is 11.6. The SMILES string of the molecule is CCOc1ccc(Nc2c(C=O)cccc2OC)cc1. The Balaban J connectivity index is 2.27. The molecule has 0 unspecified atom stereocenters. The normalized spacial score (nSPS) is 9.90. The van der Waals surface area contributed by atoms with E-state index in [4.69, 9.17) is 9.47 Å². The van der Waals surface area contributed by atoms with Gasteiger partial charge in [-0.1, -0.05) is 6.07 Å². The highest BCUT2D eigenvalue weighted by Gasteiger charge is 2.08. The van der Waals surface area contributed by atoms with Gasteiger partial charge in [0.25, 0.3) is 0 Å². The predicted molar refractivity (Wildman–Crippen MR) is 79.3 cm³/mol. The van der Waals surface area contributed by atoms with Crippen LogP contribution in [0.1, 0.15) is 17.3 Å². The molecule has 0 radical (unpaired) electrons. The molecule has 0 aliphatic heterocycles. The second kappa shape index (κ2) is 6.61. The van der Waals surface area contributed by atoms with Crippen molar-refractivity contribution in [1.82, 2.24) is 0 Å². The van der Waals surface area contributed by atoms with Gasteiger partial charge in [-0.15, -0.1) is 0 Å². The molecule has 0 saturated carbocycles. The van der Waals surface area contributed by atoms with E-state index in [1.165, 1.54) is 0 Å². The molecule has 0 aliphatic rings. The molecule has 0 heterocycles. The van der Waals surface area contributed by atoms with Crippen molar-refractivity contribution in [1.29, 1.82) is 0 Å². The Bertz CT molecular complexity index is 579. The first-order valence-corrected chi connectivity index (χ1v) is 6.40. The molecule has 2 aromatic rings. The van der Waals surface area contributed by atoms with Crippen LogP contribution >= 0.6 is 0 Å². The van der Waals surface area contributed by atoms with Gasteiger partial charge in [0, 0.05) is 11.3 Å². The molecular weight excluding hydrogens is 254 g/mol. The lowest BCUT2D eigenvalue weighted by atomic mass is 10.1. The van der Waals surface area contributed by atoms with Gasteiger partial charge in [-0.3, -0.25) is 4.79 Å². The van der Waals surface area contributed by atoms with E-state index in [9.17, 15) is 4.79 Å². The number of rotatable bonds is 6. The third-order valence-corrected chi connectivity index (χ3v) is 2.84. The summed E-state index contributed by atoms with van der Waals surface area (Å²) in [6.07, 6.45) is 0.805.